The number of rotatable bonds is 6. The van der Waals surface area contributed by atoms with Crippen molar-refractivity contribution in [3.8, 4) is 11.5 Å². The first-order valence-electron chi connectivity index (χ1n) is 10.6. The molecular formula is C22H33N3O3. The van der Waals surface area contributed by atoms with Crippen molar-refractivity contribution < 1.29 is 14.3 Å². The van der Waals surface area contributed by atoms with Gasteiger partial charge in [0.1, 0.15) is 0 Å². The molecule has 0 bridgehead atoms. The number of carbonyl (C=O) groups excluding carboxylic acids is 1. The van der Waals surface area contributed by atoms with Gasteiger partial charge in [0, 0.05) is 32.7 Å². The molecule has 2 atom stereocenters. The molecule has 154 valence electrons. The van der Waals surface area contributed by atoms with Gasteiger partial charge >= 0.3 is 0 Å². The lowest BCUT2D eigenvalue weighted by atomic mass is 9.67. The van der Waals surface area contributed by atoms with Crippen LogP contribution in [-0.2, 0) is 17.8 Å². The SMILES string of the molecule is COc1cc2c(cc1OC)CN(CCNC(=O)[C@@]13CCCC[C@H]1CNC3)CC2. The zero-order valence-corrected chi connectivity index (χ0v) is 17.2. The van der Waals surface area contributed by atoms with E-state index in [9.17, 15) is 4.79 Å². The number of ether oxygens (including phenoxy) is 2. The molecule has 28 heavy (non-hydrogen) atoms. The van der Waals surface area contributed by atoms with E-state index in [1.54, 1.807) is 14.2 Å². The van der Waals surface area contributed by atoms with Gasteiger partial charge in [-0.3, -0.25) is 9.69 Å². The first kappa shape index (κ1) is 19.5. The van der Waals surface area contributed by atoms with E-state index in [2.05, 4.69) is 27.7 Å². The van der Waals surface area contributed by atoms with E-state index in [1.165, 1.54) is 30.4 Å². The monoisotopic (exact) mass is 387 g/mol. The second kappa shape index (κ2) is 8.29. The van der Waals surface area contributed by atoms with Gasteiger partial charge in [-0.1, -0.05) is 12.8 Å². The summed E-state index contributed by atoms with van der Waals surface area (Å²) in [6.45, 7) is 5.35. The summed E-state index contributed by atoms with van der Waals surface area (Å²) < 4.78 is 10.9. The van der Waals surface area contributed by atoms with Gasteiger partial charge in [-0.05, 0) is 55.0 Å². The normalized spacial score (nSPS) is 27.0. The molecule has 1 amide bonds. The number of amides is 1. The van der Waals surface area contributed by atoms with Crippen molar-refractivity contribution >= 4 is 5.91 Å². The zero-order chi connectivity index (χ0) is 19.6. The molecule has 0 spiro atoms. The van der Waals surface area contributed by atoms with E-state index in [4.69, 9.17) is 9.47 Å². The average Bonchev–Trinajstić information content (AvgIpc) is 3.18. The predicted octanol–water partition coefficient (Wildman–Crippen LogP) is 1.96. The molecular weight excluding hydrogens is 354 g/mol. The molecule has 2 aliphatic heterocycles. The van der Waals surface area contributed by atoms with E-state index in [-0.39, 0.29) is 11.3 Å². The fourth-order valence-corrected chi connectivity index (χ4v) is 5.33. The van der Waals surface area contributed by atoms with Crippen LogP contribution in [0.15, 0.2) is 12.1 Å². The van der Waals surface area contributed by atoms with Gasteiger partial charge in [-0.25, -0.2) is 0 Å². The van der Waals surface area contributed by atoms with Gasteiger partial charge < -0.3 is 20.1 Å². The third-order valence-electron chi connectivity index (χ3n) is 7.00. The largest absolute Gasteiger partial charge is 0.493 e. The average molecular weight is 388 g/mol. The lowest BCUT2D eigenvalue weighted by Gasteiger charge is -2.37. The smallest absolute Gasteiger partial charge is 0.227 e. The molecule has 0 unspecified atom stereocenters. The third-order valence-corrected chi connectivity index (χ3v) is 7.00. The molecule has 1 aromatic rings. The van der Waals surface area contributed by atoms with Crippen molar-refractivity contribution in [1.82, 2.24) is 15.5 Å². The van der Waals surface area contributed by atoms with Crippen LogP contribution in [0.1, 0.15) is 36.8 Å². The van der Waals surface area contributed by atoms with Gasteiger partial charge in [0.25, 0.3) is 0 Å². The van der Waals surface area contributed by atoms with Gasteiger partial charge in [-0.15, -0.1) is 0 Å². The van der Waals surface area contributed by atoms with Crippen molar-refractivity contribution in [2.45, 2.75) is 38.6 Å². The summed E-state index contributed by atoms with van der Waals surface area (Å²) >= 11 is 0. The van der Waals surface area contributed by atoms with Crippen molar-refractivity contribution in [2.75, 3.05) is 46.9 Å². The van der Waals surface area contributed by atoms with Crippen LogP contribution < -0.4 is 20.1 Å². The summed E-state index contributed by atoms with van der Waals surface area (Å²) in [5.74, 6) is 2.37. The van der Waals surface area contributed by atoms with E-state index in [0.29, 0.717) is 5.92 Å². The van der Waals surface area contributed by atoms with Gasteiger partial charge in [0.05, 0.1) is 19.6 Å². The highest BCUT2D eigenvalue weighted by atomic mass is 16.5. The zero-order valence-electron chi connectivity index (χ0n) is 17.2. The summed E-state index contributed by atoms with van der Waals surface area (Å²) in [5.41, 5.74) is 2.47. The summed E-state index contributed by atoms with van der Waals surface area (Å²) in [6, 6.07) is 4.19. The molecule has 0 radical (unpaired) electrons. The number of hydrogen-bond donors (Lipinski definition) is 2. The Bertz CT molecular complexity index is 723. The first-order valence-corrected chi connectivity index (χ1v) is 10.6. The molecule has 3 aliphatic rings. The summed E-state index contributed by atoms with van der Waals surface area (Å²) in [4.78, 5) is 15.4. The number of methoxy groups -OCH3 is 2. The predicted molar refractivity (Wildman–Crippen MR) is 109 cm³/mol. The van der Waals surface area contributed by atoms with Crippen molar-refractivity contribution in [1.29, 1.82) is 0 Å². The van der Waals surface area contributed by atoms with Crippen molar-refractivity contribution in [2.24, 2.45) is 11.3 Å². The molecule has 6 nitrogen and oxygen atoms in total. The number of nitrogens with one attached hydrogen (secondary N) is 2. The molecule has 1 aliphatic carbocycles. The van der Waals surface area contributed by atoms with E-state index in [0.717, 1.165) is 63.6 Å². The quantitative estimate of drug-likeness (QED) is 0.781. The second-order valence-electron chi connectivity index (χ2n) is 8.49. The molecule has 0 aromatic heterocycles. The molecule has 2 heterocycles. The highest BCUT2D eigenvalue weighted by Gasteiger charge is 2.49. The molecule has 6 heteroatoms. The summed E-state index contributed by atoms with van der Waals surface area (Å²) in [7, 11) is 3.36. The van der Waals surface area contributed by atoms with Crippen molar-refractivity contribution in [3.05, 3.63) is 23.3 Å². The molecule has 4 rings (SSSR count). The maximum Gasteiger partial charge on any atom is 0.227 e. The Morgan fingerprint density at radius 3 is 2.82 bits per heavy atom. The number of carbonyl (C=O) groups is 1. The Balaban J connectivity index is 1.32. The van der Waals surface area contributed by atoms with E-state index >= 15 is 0 Å². The molecule has 2 N–H and O–H groups in total. The minimum absolute atomic E-state index is 0.156. The maximum absolute atomic E-state index is 13.0. The van der Waals surface area contributed by atoms with E-state index in [1.807, 2.05) is 0 Å². The minimum atomic E-state index is -0.156. The molecule has 1 saturated carbocycles. The van der Waals surface area contributed by atoms with Crippen LogP contribution in [-0.4, -0.2) is 57.8 Å². The van der Waals surface area contributed by atoms with Gasteiger partial charge in [-0.2, -0.15) is 0 Å². The van der Waals surface area contributed by atoms with Crippen LogP contribution in [0.25, 0.3) is 0 Å². The maximum atomic E-state index is 13.0. The van der Waals surface area contributed by atoms with Crippen molar-refractivity contribution in [3.63, 3.8) is 0 Å². The van der Waals surface area contributed by atoms with Crippen LogP contribution in [0, 0.1) is 11.3 Å². The number of nitrogens with zero attached hydrogens (tertiary/aromatic N) is 1. The topological polar surface area (TPSA) is 62.8 Å². The first-order chi connectivity index (χ1) is 13.7. The standard InChI is InChI=1S/C22H33N3O3/c1-27-19-11-16-6-9-25(14-17(16)12-20(19)28-2)10-8-24-21(26)22-7-4-3-5-18(22)13-23-15-22/h11-12,18,23H,3-10,13-15H2,1-2H3,(H,24,26)/t18-,22+/m0/s1. The Morgan fingerprint density at radius 1 is 1.25 bits per heavy atom. The minimum Gasteiger partial charge on any atom is -0.493 e. The fraction of sp³-hybridized carbons (Fsp3) is 0.682. The summed E-state index contributed by atoms with van der Waals surface area (Å²) in [5, 5.41) is 6.72. The Hall–Kier alpha value is -1.79. The van der Waals surface area contributed by atoms with E-state index < -0.39 is 0 Å². The Morgan fingerprint density at radius 2 is 2.04 bits per heavy atom. The van der Waals surface area contributed by atoms with Crippen LogP contribution in [0.2, 0.25) is 0 Å². The highest BCUT2D eigenvalue weighted by molar-refractivity contribution is 5.83. The Kier molecular flexibility index (Phi) is 5.78. The van der Waals surface area contributed by atoms with Crippen LogP contribution in [0.4, 0.5) is 0 Å². The van der Waals surface area contributed by atoms with Crippen LogP contribution in [0.3, 0.4) is 0 Å². The molecule has 2 fully saturated rings. The van der Waals surface area contributed by atoms with Gasteiger partial charge in [0.2, 0.25) is 5.91 Å². The van der Waals surface area contributed by atoms with Crippen LogP contribution >= 0.6 is 0 Å². The molecule has 1 aromatic carbocycles. The molecule has 1 saturated heterocycles. The number of hydrogen-bond acceptors (Lipinski definition) is 5. The highest BCUT2D eigenvalue weighted by Crippen LogP contribution is 2.43. The lowest BCUT2D eigenvalue weighted by Crippen LogP contribution is -2.49. The number of benzene rings is 1. The third kappa shape index (κ3) is 3.60. The fourth-order valence-electron chi connectivity index (χ4n) is 5.33. The second-order valence-corrected chi connectivity index (χ2v) is 8.49. The Labute approximate surface area is 168 Å². The summed E-state index contributed by atoms with van der Waals surface area (Å²) in [6.07, 6.45) is 5.67. The van der Waals surface area contributed by atoms with Gasteiger partial charge in [0.15, 0.2) is 11.5 Å². The number of fused-ring (bicyclic) bond motifs is 2. The lowest BCUT2D eigenvalue weighted by molar-refractivity contribution is -0.134. The van der Waals surface area contributed by atoms with Crippen LogP contribution in [0.5, 0.6) is 11.5 Å².